The molecule has 1 aromatic heterocycles. The Bertz CT molecular complexity index is 1150. The molecule has 35 heavy (non-hydrogen) atoms. The van der Waals surface area contributed by atoms with Crippen LogP contribution in [0.4, 0.5) is 45.2 Å². The number of pyridine rings is 1. The molecule has 0 bridgehead atoms. The number of aromatic nitrogens is 1. The number of nitrogens with zero attached hydrogens (tertiary/aromatic N) is 1. The Hall–Kier alpha value is -3.64. The smallest absolute Gasteiger partial charge is 0.457 e. The molecule has 0 saturated carbocycles. The normalized spacial score (nSPS) is 12.5. The summed E-state index contributed by atoms with van der Waals surface area (Å²) < 4.78 is 126. The molecule has 2 aromatic carbocycles. The molecule has 4 nitrogen and oxygen atoms in total. The summed E-state index contributed by atoms with van der Waals surface area (Å²) in [5.74, 6) is -11.8. The standard InChI is InChI=1S/C22H15F9N2O2/c23-19(24)35-18-11-17(7-8-32-18)34-16-6-2-5-15(10-16)33-12-13-3-1-4-14(9-13)20(25,26)21(27,28)22(29,30)31/h1-11,19,33H,12H2. The number of nitrogens with one attached hydrogen (secondary N) is 1. The van der Waals surface area contributed by atoms with E-state index in [9.17, 15) is 39.5 Å². The first-order valence-electron chi connectivity index (χ1n) is 9.64. The molecule has 0 aliphatic carbocycles. The highest BCUT2D eigenvalue weighted by Gasteiger charge is 2.73. The number of hydrogen-bond donors (Lipinski definition) is 1. The van der Waals surface area contributed by atoms with Gasteiger partial charge in [-0.25, -0.2) is 4.98 Å². The average Bonchev–Trinajstić information content (AvgIpc) is 2.77. The lowest BCUT2D eigenvalue weighted by Gasteiger charge is -2.28. The molecule has 1 N–H and O–H groups in total. The zero-order chi connectivity index (χ0) is 25.9. The van der Waals surface area contributed by atoms with Gasteiger partial charge in [0.2, 0.25) is 5.88 Å². The minimum Gasteiger partial charge on any atom is -0.457 e. The number of anilines is 1. The van der Waals surface area contributed by atoms with Crippen LogP contribution in [0.5, 0.6) is 17.4 Å². The van der Waals surface area contributed by atoms with Crippen LogP contribution in [0, 0.1) is 0 Å². The van der Waals surface area contributed by atoms with Crippen molar-refractivity contribution >= 4 is 5.69 Å². The van der Waals surface area contributed by atoms with Gasteiger partial charge in [0.25, 0.3) is 0 Å². The topological polar surface area (TPSA) is 43.4 Å². The summed E-state index contributed by atoms with van der Waals surface area (Å²) in [6, 6.07) is 11.8. The van der Waals surface area contributed by atoms with Gasteiger partial charge in [-0.2, -0.15) is 39.5 Å². The minimum atomic E-state index is -6.44. The molecule has 0 spiro atoms. The van der Waals surface area contributed by atoms with Gasteiger partial charge in [0.15, 0.2) is 0 Å². The maximum Gasteiger partial charge on any atom is 0.460 e. The average molecular weight is 510 g/mol. The first-order chi connectivity index (χ1) is 16.3. The number of hydrogen-bond acceptors (Lipinski definition) is 4. The Morgan fingerprint density at radius 1 is 0.829 bits per heavy atom. The van der Waals surface area contributed by atoms with E-state index in [1.807, 2.05) is 0 Å². The number of ether oxygens (including phenoxy) is 2. The van der Waals surface area contributed by atoms with Crippen LogP contribution >= 0.6 is 0 Å². The molecule has 0 saturated heterocycles. The summed E-state index contributed by atoms with van der Waals surface area (Å²) in [6.45, 7) is -3.28. The Morgan fingerprint density at radius 2 is 1.51 bits per heavy atom. The van der Waals surface area contributed by atoms with Crippen LogP contribution in [0.25, 0.3) is 0 Å². The molecular weight excluding hydrogens is 495 g/mol. The summed E-state index contributed by atoms with van der Waals surface area (Å²) in [5.41, 5.74) is -1.11. The van der Waals surface area contributed by atoms with E-state index >= 15 is 0 Å². The van der Waals surface area contributed by atoms with E-state index in [-0.39, 0.29) is 29.5 Å². The zero-order valence-corrected chi connectivity index (χ0v) is 17.3. The van der Waals surface area contributed by atoms with Crippen molar-refractivity contribution in [2.45, 2.75) is 31.2 Å². The Balaban J connectivity index is 1.71. The van der Waals surface area contributed by atoms with Gasteiger partial charge in [0.05, 0.1) is 0 Å². The van der Waals surface area contributed by atoms with E-state index in [2.05, 4.69) is 15.0 Å². The molecular formula is C22H15F9N2O2. The fraction of sp³-hybridized carbons (Fsp3) is 0.227. The molecule has 0 radical (unpaired) electrons. The van der Waals surface area contributed by atoms with Crippen LogP contribution in [-0.4, -0.2) is 23.7 Å². The van der Waals surface area contributed by atoms with E-state index in [1.165, 1.54) is 36.5 Å². The van der Waals surface area contributed by atoms with Gasteiger partial charge in [-0.1, -0.05) is 24.3 Å². The molecule has 188 valence electrons. The van der Waals surface area contributed by atoms with Crippen molar-refractivity contribution in [2.75, 3.05) is 5.32 Å². The lowest BCUT2D eigenvalue weighted by Crippen LogP contribution is -2.50. The van der Waals surface area contributed by atoms with Crippen molar-refractivity contribution in [3.05, 3.63) is 78.0 Å². The van der Waals surface area contributed by atoms with E-state index < -0.39 is 30.2 Å². The second-order valence-electron chi connectivity index (χ2n) is 7.04. The van der Waals surface area contributed by atoms with Crippen molar-refractivity contribution in [3.63, 3.8) is 0 Å². The summed E-state index contributed by atoms with van der Waals surface area (Å²) in [7, 11) is 0. The molecule has 1 heterocycles. The molecule has 3 rings (SSSR count). The summed E-state index contributed by atoms with van der Waals surface area (Å²) in [4.78, 5) is 3.60. The molecule has 0 amide bonds. The Morgan fingerprint density at radius 3 is 2.20 bits per heavy atom. The Labute approximate surface area is 192 Å². The summed E-state index contributed by atoms with van der Waals surface area (Å²) in [5, 5.41) is 2.80. The lowest BCUT2D eigenvalue weighted by molar-refractivity contribution is -0.359. The lowest BCUT2D eigenvalue weighted by atomic mass is 9.99. The van der Waals surface area contributed by atoms with Crippen molar-refractivity contribution < 1.29 is 49.0 Å². The monoisotopic (exact) mass is 510 g/mol. The molecule has 0 atom stereocenters. The van der Waals surface area contributed by atoms with Crippen LogP contribution < -0.4 is 14.8 Å². The third-order valence-corrected chi connectivity index (χ3v) is 4.52. The molecule has 13 heteroatoms. The largest absolute Gasteiger partial charge is 0.460 e. The molecule has 0 unspecified atom stereocenters. The maximum absolute atomic E-state index is 14.0. The number of halogens is 9. The highest BCUT2D eigenvalue weighted by Crippen LogP contribution is 2.51. The van der Waals surface area contributed by atoms with Crippen LogP contribution in [0.2, 0.25) is 0 Å². The van der Waals surface area contributed by atoms with Gasteiger partial charge in [-0.15, -0.1) is 0 Å². The third-order valence-electron chi connectivity index (χ3n) is 4.52. The SMILES string of the molecule is FC(F)Oc1cc(Oc2cccc(NCc3cccc(C(F)(F)C(F)(F)C(F)(F)F)c3)c2)ccn1. The first-order valence-corrected chi connectivity index (χ1v) is 9.64. The van der Waals surface area contributed by atoms with Crippen LogP contribution in [0.3, 0.4) is 0 Å². The fourth-order valence-electron chi connectivity index (χ4n) is 2.86. The van der Waals surface area contributed by atoms with E-state index in [4.69, 9.17) is 4.74 Å². The second-order valence-corrected chi connectivity index (χ2v) is 7.04. The molecule has 0 aliphatic heterocycles. The van der Waals surface area contributed by atoms with Crippen LogP contribution in [0.15, 0.2) is 66.9 Å². The summed E-state index contributed by atoms with van der Waals surface area (Å²) in [6.07, 6.45) is -5.26. The molecule has 0 fully saturated rings. The molecule has 3 aromatic rings. The Kier molecular flexibility index (Phi) is 7.36. The van der Waals surface area contributed by atoms with Crippen molar-refractivity contribution in [3.8, 4) is 17.4 Å². The van der Waals surface area contributed by atoms with Crippen molar-refractivity contribution in [1.82, 2.24) is 4.98 Å². The number of benzene rings is 2. The van der Waals surface area contributed by atoms with Gasteiger partial charge >= 0.3 is 24.6 Å². The number of alkyl halides is 9. The van der Waals surface area contributed by atoms with Crippen molar-refractivity contribution in [1.29, 1.82) is 0 Å². The van der Waals surface area contributed by atoms with Gasteiger partial charge < -0.3 is 14.8 Å². The predicted octanol–water partition coefficient (Wildman–Crippen LogP) is 7.38. The maximum atomic E-state index is 14.0. The van der Waals surface area contributed by atoms with E-state index in [0.29, 0.717) is 17.8 Å². The van der Waals surface area contributed by atoms with E-state index in [1.54, 1.807) is 6.07 Å². The van der Waals surface area contributed by atoms with E-state index in [0.717, 1.165) is 12.1 Å². The van der Waals surface area contributed by atoms with Gasteiger partial charge in [0, 0.05) is 36.1 Å². The highest BCUT2D eigenvalue weighted by atomic mass is 19.4. The van der Waals surface area contributed by atoms with Crippen LogP contribution in [0.1, 0.15) is 11.1 Å². The second kappa shape index (κ2) is 9.92. The quantitative estimate of drug-likeness (QED) is 0.305. The van der Waals surface area contributed by atoms with Gasteiger partial charge in [-0.05, 0) is 29.8 Å². The van der Waals surface area contributed by atoms with Crippen molar-refractivity contribution in [2.24, 2.45) is 0 Å². The highest BCUT2D eigenvalue weighted by molar-refractivity contribution is 5.50. The molecule has 0 aliphatic rings. The minimum absolute atomic E-state index is 0.00870. The fourth-order valence-corrected chi connectivity index (χ4v) is 2.86. The number of rotatable bonds is 9. The van der Waals surface area contributed by atoms with Crippen LogP contribution in [-0.2, 0) is 12.5 Å². The van der Waals surface area contributed by atoms with Gasteiger partial charge in [-0.3, -0.25) is 0 Å². The predicted molar refractivity (Wildman–Crippen MR) is 106 cm³/mol. The summed E-state index contributed by atoms with van der Waals surface area (Å²) >= 11 is 0. The first kappa shape index (κ1) is 26.0. The zero-order valence-electron chi connectivity index (χ0n) is 17.3. The van der Waals surface area contributed by atoms with Gasteiger partial charge in [0.1, 0.15) is 11.5 Å². The third kappa shape index (κ3) is 6.08.